The Hall–Kier alpha value is -1.36. The first-order valence-electron chi connectivity index (χ1n) is 7.40. The molecule has 1 aromatic heterocycles. The fourth-order valence-electron chi connectivity index (χ4n) is 3.02. The van der Waals surface area contributed by atoms with E-state index in [1.807, 2.05) is 35.1 Å². The summed E-state index contributed by atoms with van der Waals surface area (Å²) in [6.07, 6.45) is 7.23. The summed E-state index contributed by atoms with van der Waals surface area (Å²) in [5, 5.41) is 14.3. The highest BCUT2D eigenvalue weighted by Crippen LogP contribution is 2.22. The molecule has 1 fully saturated rings. The van der Waals surface area contributed by atoms with E-state index < -0.39 is 0 Å². The van der Waals surface area contributed by atoms with Gasteiger partial charge in [0.1, 0.15) is 0 Å². The summed E-state index contributed by atoms with van der Waals surface area (Å²) >= 11 is 6.02. The summed E-state index contributed by atoms with van der Waals surface area (Å²) < 4.78 is 1.86. The number of hydrogen-bond acceptors (Lipinski definition) is 3. The molecule has 0 saturated carbocycles. The molecule has 0 unspecified atom stereocenters. The zero-order valence-corrected chi connectivity index (χ0v) is 12.7. The largest absolute Gasteiger partial charge is 0.396 e. The number of aromatic nitrogens is 2. The minimum absolute atomic E-state index is 0.267. The summed E-state index contributed by atoms with van der Waals surface area (Å²) in [5.74, 6) is 0. The molecule has 0 aliphatic carbocycles. The predicted molar refractivity (Wildman–Crippen MR) is 83.7 cm³/mol. The number of benzene rings is 1. The monoisotopic (exact) mass is 305 g/mol. The number of rotatable bonds is 5. The van der Waals surface area contributed by atoms with Gasteiger partial charge in [0.2, 0.25) is 0 Å². The lowest BCUT2D eigenvalue weighted by atomic mass is 10.1. The van der Waals surface area contributed by atoms with Crippen LogP contribution in [0.15, 0.2) is 36.7 Å². The number of likely N-dealkylation sites (tertiary alicyclic amines) is 1. The van der Waals surface area contributed by atoms with Crippen LogP contribution < -0.4 is 0 Å². The zero-order chi connectivity index (χ0) is 14.7. The molecule has 1 aromatic carbocycles. The zero-order valence-electron chi connectivity index (χ0n) is 12.0. The third-order valence-corrected chi connectivity index (χ3v) is 4.29. The average molecular weight is 306 g/mol. The number of hydrogen-bond donors (Lipinski definition) is 1. The van der Waals surface area contributed by atoms with Crippen molar-refractivity contribution in [2.75, 3.05) is 13.2 Å². The summed E-state index contributed by atoms with van der Waals surface area (Å²) in [7, 11) is 0. The maximum atomic E-state index is 9.13. The van der Waals surface area contributed by atoms with Crippen molar-refractivity contribution in [2.45, 2.75) is 31.8 Å². The summed E-state index contributed by atoms with van der Waals surface area (Å²) in [4.78, 5) is 2.44. The molecule has 112 valence electrons. The quantitative estimate of drug-likeness (QED) is 0.923. The van der Waals surface area contributed by atoms with Crippen LogP contribution in [0.1, 0.15) is 24.8 Å². The van der Waals surface area contributed by atoms with Crippen LogP contribution in [0.5, 0.6) is 0 Å². The van der Waals surface area contributed by atoms with Crippen molar-refractivity contribution in [2.24, 2.45) is 0 Å². The lowest BCUT2D eigenvalue weighted by Gasteiger charge is -2.22. The van der Waals surface area contributed by atoms with E-state index in [1.54, 1.807) is 0 Å². The molecular weight excluding hydrogens is 286 g/mol. The van der Waals surface area contributed by atoms with E-state index in [4.69, 9.17) is 16.7 Å². The Morgan fingerprint density at radius 3 is 3.10 bits per heavy atom. The maximum absolute atomic E-state index is 9.13. The van der Waals surface area contributed by atoms with Gasteiger partial charge in [-0.1, -0.05) is 17.7 Å². The second-order valence-electron chi connectivity index (χ2n) is 5.55. The van der Waals surface area contributed by atoms with Crippen molar-refractivity contribution in [1.82, 2.24) is 14.7 Å². The molecule has 1 aliphatic heterocycles. The van der Waals surface area contributed by atoms with E-state index in [0.717, 1.165) is 25.2 Å². The molecule has 0 spiro atoms. The third-order valence-electron chi connectivity index (χ3n) is 4.06. The highest BCUT2D eigenvalue weighted by molar-refractivity contribution is 6.30. The highest BCUT2D eigenvalue weighted by atomic mass is 35.5. The van der Waals surface area contributed by atoms with Crippen molar-refractivity contribution in [3.05, 3.63) is 47.2 Å². The summed E-state index contributed by atoms with van der Waals surface area (Å²) in [6, 6.07) is 8.19. The smallest absolute Gasteiger partial charge is 0.0660 e. The number of aliphatic hydroxyl groups excluding tert-OH is 1. The maximum Gasteiger partial charge on any atom is 0.0660 e. The lowest BCUT2D eigenvalue weighted by Crippen LogP contribution is -2.29. The summed E-state index contributed by atoms with van der Waals surface area (Å²) in [6.45, 7) is 2.27. The molecule has 2 aromatic rings. The highest BCUT2D eigenvalue weighted by Gasteiger charge is 2.24. The Bertz CT molecular complexity index is 599. The minimum Gasteiger partial charge on any atom is -0.396 e. The van der Waals surface area contributed by atoms with Crippen molar-refractivity contribution < 1.29 is 5.11 Å². The lowest BCUT2D eigenvalue weighted by molar-refractivity contribution is 0.190. The van der Waals surface area contributed by atoms with Gasteiger partial charge in [-0.25, -0.2) is 4.68 Å². The normalized spacial score (nSPS) is 19.2. The van der Waals surface area contributed by atoms with Gasteiger partial charge in [-0.2, -0.15) is 5.10 Å². The molecular formula is C16H20ClN3O. The van der Waals surface area contributed by atoms with Gasteiger partial charge in [-0.15, -0.1) is 0 Å². The molecule has 21 heavy (non-hydrogen) atoms. The predicted octanol–water partition coefficient (Wildman–Crippen LogP) is 2.87. The molecule has 0 bridgehead atoms. The minimum atomic E-state index is 0.267. The molecule has 0 amide bonds. The van der Waals surface area contributed by atoms with Gasteiger partial charge in [0.25, 0.3) is 0 Å². The van der Waals surface area contributed by atoms with E-state index in [2.05, 4.69) is 16.2 Å². The average Bonchev–Trinajstić information content (AvgIpc) is 3.10. The van der Waals surface area contributed by atoms with E-state index in [0.29, 0.717) is 11.1 Å². The topological polar surface area (TPSA) is 41.3 Å². The first-order chi connectivity index (χ1) is 10.3. The van der Waals surface area contributed by atoms with E-state index in [9.17, 15) is 0 Å². The van der Waals surface area contributed by atoms with Crippen LogP contribution >= 0.6 is 11.6 Å². The number of nitrogens with zero attached hydrogens (tertiary/aromatic N) is 3. The first kappa shape index (κ1) is 14.6. The Kier molecular flexibility index (Phi) is 4.58. The van der Waals surface area contributed by atoms with Gasteiger partial charge in [0.05, 0.1) is 11.9 Å². The van der Waals surface area contributed by atoms with Gasteiger partial charge in [-0.05, 0) is 44.0 Å². The van der Waals surface area contributed by atoms with Crippen LogP contribution in [0.2, 0.25) is 5.02 Å². The second kappa shape index (κ2) is 6.60. The van der Waals surface area contributed by atoms with Crippen LogP contribution in [0.25, 0.3) is 5.69 Å². The van der Waals surface area contributed by atoms with Gasteiger partial charge in [-0.3, -0.25) is 4.90 Å². The Morgan fingerprint density at radius 1 is 1.38 bits per heavy atom. The van der Waals surface area contributed by atoms with Crippen molar-refractivity contribution >= 4 is 11.6 Å². The standard InChI is InChI=1S/C16H20ClN3O/c17-14-3-1-4-16(9-14)20-12-13(10-18-20)11-19-7-2-5-15(19)6-8-21/h1,3-4,9-10,12,15,21H,2,5-8,11H2/t15-/m1/s1. The van der Waals surface area contributed by atoms with E-state index in [-0.39, 0.29) is 6.61 Å². The van der Waals surface area contributed by atoms with Gasteiger partial charge >= 0.3 is 0 Å². The second-order valence-corrected chi connectivity index (χ2v) is 5.99. The molecule has 5 heteroatoms. The molecule has 0 radical (unpaired) electrons. The Balaban J connectivity index is 1.70. The number of aliphatic hydroxyl groups is 1. The van der Waals surface area contributed by atoms with E-state index >= 15 is 0 Å². The molecule has 3 rings (SSSR count). The molecule has 1 N–H and O–H groups in total. The van der Waals surface area contributed by atoms with Gasteiger partial charge in [0.15, 0.2) is 0 Å². The van der Waals surface area contributed by atoms with E-state index in [1.165, 1.54) is 18.4 Å². The Morgan fingerprint density at radius 2 is 2.29 bits per heavy atom. The van der Waals surface area contributed by atoms with Crippen molar-refractivity contribution in [1.29, 1.82) is 0 Å². The van der Waals surface area contributed by atoms with Crippen molar-refractivity contribution in [3.8, 4) is 5.69 Å². The van der Waals surface area contributed by atoms with Crippen LogP contribution in [0.4, 0.5) is 0 Å². The van der Waals surface area contributed by atoms with Gasteiger partial charge < -0.3 is 5.11 Å². The molecule has 1 aliphatic rings. The van der Waals surface area contributed by atoms with Crippen molar-refractivity contribution in [3.63, 3.8) is 0 Å². The van der Waals surface area contributed by atoms with Crippen LogP contribution in [0.3, 0.4) is 0 Å². The molecule has 2 heterocycles. The molecule has 1 saturated heterocycles. The fourth-order valence-corrected chi connectivity index (χ4v) is 3.20. The number of halogens is 1. The molecule has 1 atom stereocenters. The van der Waals surface area contributed by atoms with Gasteiger partial charge in [0, 0.05) is 36.0 Å². The van der Waals surface area contributed by atoms with Crippen LogP contribution in [-0.4, -0.2) is 39.0 Å². The summed E-state index contributed by atoms with van der Waals surface area (Å²) in [5.41, 5.74) is 2.17. The molecule has 4 nitrogen and oxygen atoms in total. The Labute approximate surface area is 130 Å². The third kappa shape index (κ3) is 3.46. The van der Waals surface area contributed by atoms with Crippen LogP contribution in [0, 0.1) is 0 Å². The van der Waals surface area contributed by atoms with Crippen LogP contribution in [-0.2, 0) is 6.54 Å². The first-order valence-corrected chi connectivity index (χ1v) is 7.78. The fraction of sp³-hybridized carbons (Fsp3) is 0.438. The SMILES string of the molecule is OCC[C@H]1CCCN1Cc1cnn(-c2cccc(Cl)c2)c1.